The lowest BCUT2D eigenvalue weighted by atomic mass is 9.96. The average molecular weight is 619 g/mol. The van der Waals surface area contributed by atoms with Gasteiger partial charge >= 0.3 is 11.9 Å². The second kappa shape index (κ2) is 14.8. The van der Waals surface area contributed by atoms with Gasteiger partial charge in [-0.3, -0.25) is 9.80 Å². The number of carbonyl (C=O) groups is 2. The van der Waals surface area contributed by atoms with Gasteiger partial charge in [0.05, 0.1) is 0 Å². The molecule has 0 saturated carbocycles. The van der Waals surface area contributed by atoms with Crippen molar-refractivity contribution in [2.45, 2.75) is 27.1 Å². The van der Waals surface area contributed by atoms with Gasteiger partial charge in [-0.15, -0.1) is 11.8 Å². The fraction of sp³-hybridized carbons (Fsp3) is 0.267. The van der Waals surface area contributed by atoms with Gasteiger partial charge in [0, 0.05) is 76.4 Å². The molecule has 1 unspecified atom stereocenters. The van der Waals surface area contributed by atoms with E-state index in [1.54, 1.807) is 35.7 Å². The lowest BCUT2D eigenvalue weighted by molar-refractivity contribution is -0.134. The first-order valence-electron chi connectivity index (χ1n) is 12.9. The Morgan fingerprint density at radius 2 is 1.56 bits per heavy atom. The van der Waals surface area contributed by atoms with Gasteiger partial charge in [-0.1, -0.05) is 29.4 Å². The van der Waals surface area contributed by atoms with Gasteiger partial charge in [-0.25, -0.2) is 18.4 Å². The molecule has 2 N–H and O–H groups in total. The van der Waals surface area contributed by atoms with Crippen LogP contribution in [0.3, 0.4) is 0 Å². The highest BCUT2D eigenvalue weighted by Gasteiger charge is 2.30. The molecule has 3 aromatic carbocycles. The minimum atomic E-state index is -1.26. The lowest BCUT2D eigenvalue weighted by Gasteiger charge is -2.39. The molecule has 2 aliphatic rings. The first-order chi connectivity index (χ1) is 19.7. The summed E-state index contributed by atoms with van der Waals surface area (Å²) in [5.41, 5.74) is 2.43. The van der Waals surface area contributed by atoms with E-state index in [0.717, 1.165) is 64.6 Å². The Kier molecular flexibility index (Phi) is 11.2. The second-order valence-corrected chi connectivity index (χ2v) is 12.1. The number of rotatable bonds is 7. The zero-order chi connectivity index (χ0) is 29.4. The van der Waals surface area contributed by atoms with Gasteiger partial charge in [-0.05, 0) is 72.1 Å². The largest absolute Gasteiger partial charge is 0.478 e. The summed E-state index contributed by atoms with van der Waals surface area (Å²) in [7, 11) is 0. The van der Waals surface area contributed by atoms with Crippen LogP contribution in [0.2, 0.25) is 5.02 Å². The average Bonchev–Trinajstić information content (AvgIpc) is 3.10. The molecular weight excluding hydrogens is 590 g/mol. The summed E-state index contributed by atoms with van der Waals surface area (Å²) in [6, 6.07) is 18.2. The van der Waals surface area contributed by atoms with E-state index in [2.05, 4.69) is 21.9 Å². The van der Waals surface area contributed by atoms with Crippen LogP contribution in [0.5, 0.6) is 0 Å². The van der Waals surface area contributed by atoms with E-state index in [4.69, 9.17) is 21.8 Å². The zero-order valence-corrected chi connectivity index (χ0v) is 24.4. The molecule has 216 valence electrons. The van der Waals surface area contributed by atoms with Gasteiger partial charge in [0.15, 0.2) is 0 Å². The number of benzene rings is 3. The predicted molar refractivity (Wildman–Crippen MR) is 158 cm³/mol. The Bertz CT molecular complexity index is 1380. The molecular formula is C30H29ClF2N2O4S2. The van der Waals surface area contributed by atoms with Crippen molar-refractivity contribution in [2.24, 2.45) is 0 Å². The molecule has 5 rings (SSSR count). The van der Waals surface area contributed by atoms with E-state index < -0.39 is 11.9 Å². The number of nitrogens with zero attached hydrogens (tertiary/aromatic N) is 2. The summed E-state index contributed by atoms with van der Waals surface area (Å²) in [6.45, 7) is 5.01. The highest BCUT2D eigenvalue weighted by atomic mass is 35.5. The van der Waals surface area contributed by atoms with Crippen LogP contribution in [0.1, 0.15) is 17.2 Å². The second-order valence-electron chi connectivity index (χ2n) is 9.45. The van der Waals surface area contributed by atoms with Crippen molar-refractivity contribution in [3.8, 4) is 0 Å². The summed E-state index contributed by atoms with van der Waals surface area (Å²) < 4.78 is 27.0. The summed E-state index contributed by atoms with van der Waals surface area (Å²) >= 11 is 9.80. The molecule has 6 nitrogen and oxygen atoms in total. The van der Waals surface area contributed by atoms with Crippen molar-refractivity contribution in [3.63, 3.8) is 0 Å². The number of piperazine rings is 1. The minimum Gasteiger partial charge on any atom is -0.478 e. The Labute approximate surface area is 251 Å². The molecule has 0 radical (unpaired) electrons. The first kappa shape index (κ1) is 31.1. The molecule has 0 amide bonds. The van der Waals surface area contributed by atoms with Crippen molar-refractivity contribution < 1.29 is 28.6 Å². The molecule has 0 bridgehead atoms. The van der Waals surface area contributed by atoms with Crippen LogP contribution >= 0.6 is 35.1 Å². The Morgan fingerprint density at radius 3 is 2.22 bits per heavy atom. The van der Waals surface area contributed by atoms with Crippen molar-refractivity contribution >= 4 is 47.1 Å². The molecule has 3 aromatic rings. The standard InChI is InChI=1S/C26H25ClF2N2S2.C4H4O4/c27-19-2-8-25-23(16-19)24(15-18-1-3-21(29)17-26(18)33-25)31-11-9-30(10-12-31)13-14-32-22-6-4-20(28)5-7-22;5-3(6)1-2-4(7)8/h1-8,16-17,24H,9-15H2;1-2H,(H,5,6)(H,7,8)/b;2-1+. The third-order valence-electron chi connectivity index (χ3n) is 6.70. The van der Waals surface area contributed by atoms with Crippen LogP contribution in [0.25, 0.3) is 0 Å². The maximum absolute atomic E-state index is 13.9. The fourth-order valence-electron chi connectivity index (χ4n) is 4.69. The van der Waals surface area contributed by atoms with Crippen LogP contribution in [0.4, 0.5) is 8.78 Å². The number of carboxylic acid groups (broad SMARTS) is 2. The van der Waals surface area contributed by atoms with Gasteiger partial charge in [0.1, 0.15) is 11.6 Å². The van der Waals surface area contributed by atoms with E-state index >= 15 is 0 Å². The van der Waals surface area contributed by atoms with Crippen LogP contribution in [0.15, 0.2) is 87.5 Å². The molecule has 0 aromatic heterocycles. The molecule has 1 fully saturated rings. The summed E-state index contributed by atoms with van der Waals surface area (Å²) in [5, 5.41) is 16.4. The van der Waals surface area contributed by atoms with Crippen molar-refractivity contribution in [1.82, 2.24) is 9.80 Å². The molecule has 1 saturated heterocycles. The molecule has 11 heteroatoms. The molecule has 2 heterocycles. The van der Waals surface area contributed by atoms with E-state index in [-0.39, 0.29) is 17.7 Å². The third kappa shape index (κ3) is 9.31. The van der Waals surface area contributed by atoms with Crippen LogP contribution in [0, 0.1) is 11.6 Å². The Morgan fingerprint density at radius 1 is 0.902 bits per heavy atom. The Balaban J connectivity index is 0.000000426. The number of hydrogen-bond acceptors (Lipinski definition) is 6. The van der Waals surface area contributed by atoms with Crippen molar-refractivity contribution in [2.75, 3.05) is 38.5 Å². The van der Waals surface area contributed by atoms with E-state index in [1.807, 2.05) is 24.3 Å². The summed E-state index contributed by atoms with van der Waals surface area (Å²) in [5.74, 6) is -1.91. The van der Waals surface area contributed by atoms with E-state index in [1.165, 1.54) is 23.3 Å². The number of aliphatic carboxylic acids is 2. The van der Waals surface area contributed by atoms with Crippen LogP contribution in [-0.4, -0.2) is 70.4 Å². The van der Waals surface area contributed by atoms with Gasteiger partial charge in [-0.2, -0.15) is 0 Å². The SMILES string of the molecule is Fc1ccc(SCCN2CCN(C3Cc4ccc(F)cc4Sc4ccc(Cl)cc43)CC2)cc1.O=C(O)/C=C/C(=O)O. The quantitative estimate of drug-likeness (QED) is 0.230. The highest BCUT2D eigenvalue weighted by Crippen LogP contribution is 2.44. The Hall–Kier alpha value is -2.89. The van der Waals surface area contributed by atoms with E-state index in [9.17, 15) is 18.4 Å². The minimum absolute atomic E-state index is 0.192. The maximum Gasteiger partial charge on any atom is 0.328 e. The molecule has 2 aliphatic heterocycles. The molecule has 41 heavy (non-hydrogen) atoms. The van der Waals surface area contributed by atoms with Crippen molar-refractivity contribution in [3.05, 3.63) is 101 Å². The van der Waals surface area contributed by atoms with Crippen LogP contribution < -0.4 is 0 Å². The molecule has 0 spiro atoms. The van der Waals surface area contributed by atoms with Crippen LogP contribution in [-0.2, 0) is 16.0 Å². The number of halogens is 3. The van der Waals surface area contributed by atoms with Gasteiger partial charge in [0.25, 0.3) is 0 Å². The zero-order valence-electron chi connectivity index (χ0n) is 22.0. The first-order valence-corrected chi connectivity index (χ1v) is 15.1. The molecule has 0 aliphatic carbocycles. The normalized spacial score (nSPS) is 17.2. The third-order valence-corrected chi connectivity index (χ3v) is 9.12. The van der Waals surface area contributed by atoms with Gasteiger partial charge < -0.3 is 10.2 Å². The monoisotopic (exact) mass is 618 g/mol. The lowest BCUT2D eigenvalue weighted by Crippen LogP contribution is -2.48. The van der Waals surface area contributed by atoms with Crippen molar-refractivity contribution in [1.29, 1.82) is 0 Å². The maximum atomic E-state index is 13.9. The smallest absolute Gasteiger partial charge is 0.328 e. The number of thioether (sulfide) groups is 1. The predicted octanol–water partition coefficient (Wildman–Crippen LogP) is 6.49. The number of carboxylic acids is 2. The topological polar surface area (TPSA) is 81.1 Å². The fourth-order valence-corrected chi connectivity index (χ4v) is 6.93. The highest BCUT2D eigenvalue weighted by molar-refractivity contribution is 7.99. The van der Waals surface area contributed by atoms with E-state index in [0.29, 0.717) is 12.2 Å². The molecule has 1 atom stereocenters. The number of fused-ring (bicyclic) bond motifs is 2. The summed E-state index contributed by atoms with van der Waals surface area (Å²) in [4.78, 5) is 27.4. The number of hydrogen-bond donors (Lipinski definition) is 2. The van der Waals surface area contributed by atoms with Gasteiger partial charge in [0.2, 0.25) is 0 Å². The summed E-state index contributed by atoms with van der Waals surface area (Å²) in [6.07, 6.45) is 1.97.